The molecule has 8 atom stereocenters. The molecule has 33 heteroatoms. The molecule has 28 nitrogen and oxygen atoms in total. The molecule has 1 fully saturated rings. The summed E-state index contributed by atoms with van der Waals surface area (Å²) in [6, 6.07) is 8.89. The highest BCUT2D eigenvalue weighted by molar-refractivity contribution is 7.86. The maximum absolute atomic E-state index is 12.6. The molecule has 1 saturated heterocycles. The molecule has 0 radical (unpaired) electrons. The number of likely N-dealkylation sites (N-methyl/N-ethyl adjacent to an activating group) is 1. The van der Waals surface area contributed by atoms with Gasteiger partial charge in [-0.3, -0.25) is 23.7 Å². The van der Waals surface area contributed by atoms with Crippen LogP contribution >= 0.6 is 23.4 Å². The summed E-state index contributed by atoms with van der Waals surface area (Å²) >= 11 is 0. The molecule has 2 aromatic heterocycles. The van der Waals surface area contributed by atoms with Crippen LogP contribution in [-0.4, -0.2) is 121 Å². The lowest BCUT2D eigenvalue weighted by molar-refractivity contribution is -0.121. The van der Waals surface area contributed by atoms with E-state index in [1.54, 1.807) is 12.1 Å². The summed E-state index contributed by atoms with van der Waals surface area (Å²) in [5.41, 5.74) is 8.14. The number of nitrogens with two attached hydrogens (primary N) is 1. The number of rotatable bonds is 25. The topological polar surface area (TPSA) is 438 Å². The number of fused-ring (bicyclic) bond motifs is 3. The maximum Gasteiger partial charge on any atom is 0.489 e. The Kier molecular flexibility index (Phi) is 19.9. The molecule has 2 aliphatic heterocycles. The number of nitrogens with zero attached hydrogens (tertiary/aromatic N) is 4. The second-order valence-corrected chi connectivity index (χ2v) is 28.2. The lowest BCUT2D eigenvalue weighted by Gasteiger charge is -2.30. The molecule has 0 saturated carbocycles. The first-order chi connectivity index (χ1) is 38.2. The molecule has 3 aliphatic rings. The number of allylic oxidation sites excluding steroid dienone is 8. The Morgan fingerprint density at radius 3 is 2.26 bits per heavy atom. The Hall–Kier alpha value is -5.07. The van der Waals surface area contributed by atoms with Crippen molar-refractivity contribution in [2.45, 2.75) is 131 Å². The van der Waals surface area contributed by atoms with Crippen molar-refractivity contribution in [3.05, 3.63) is 117 Å². The quantitative estimate of drug-likeness (QED) is 0.0187. The van der Waals surface area contributed by atoms with E-state index in [2.05, 4.69) is 44.4 Å². The molecule has 1 aliphatic carbocycles. The van der Waals surface area contributed by atoms with Crippen LogP contribution in [0.2, 0.25) is 0 Å². The van der Waals surface area contributed by atoms with Crippen LogP contribution in [0.1, 0.15) is 108 Å². The molecular formula is C49H65N8O20P3S2-2. The number of benzene rings is 2. The number of imidazole rings is 1. The van der Waals surface area contributed by atoms with Gasteiger partial charge in [-0.2, -0.15) is 13.6 Å². The summed E-state index contributed by atoms with van der Waals surface area (Å²) in [5, 5.41) is 25.6. The first-order valence-corrected chi connectivity index (χ1v) is 33.1. The Labute approximate surface area is 472 Å². The minimum atomic E-state index is -5.85. The first-order valence-electron chi connectivity index (χ1n) is 25.7. The lowest BCUT2D eigenvalue weighted by atomic mass is 9.75. The molecule has 7 rings (SSSR count). The number of amides is 1. The molecule has 1 amide bonds. The number of anilines is 2. The number of H-pyrrole nitrogens is 1. The smallest absolute Gasteiger partial charge is 0.489 e. The van der Waals surface area contributed by atoms with E-state index in [1.165, 1.54) is 24.3 Å². The van der Waals surface area contributed by atoms with E-state index < -0.39 is 104 Å². The van der Waals surface area contributed by atoms with Crippen LogP contribution in [0.4, 0.5) is 11.6 Å². The van der Waals surface area contributed by atoms with Crippen molar-refractivity contribution in [2.24, 2.45) is 0 Å². The number of aliphatic hydroxyl groups is 2. The van der Waals surface area contributed by atoms with Crippen LogP contribution in [0.5, 0.6) is 0 Å². The number of phosphoric acid groups is 2. The van der Waals surface area contributed by atoms with Crippen molar-refractivity contribution >= 4 is 72.3 Å². The number of hydrogen-bond acceptors (Lipinski definition) is 21. The molecule has 82 heavy (non-hydrogen) atoms. The van der Waals surface area contributed by atoms with Gasteiger partial charge in [0.25, 0.3) is 5.56 Å². The fraction of sp³-hybridized carbons (Fsp3) is 0.469. The van der Waals surface area contributed by atoms with E-state index in [-0.39, 0.29) is 45.8 Å². The van der Waals surface area contributed by atoms with Crippen molar-refractivity contribution in [2.75, 3.05) is 36.9 Å². The van der Waals surface area contributed by atoms with E-state index in [1.807, 2.05) is 70.1 Å². The molecule has 4 aromatic rings. The maximum atomic E-state index is 12.6. The van der Waals surface area contributed by atoms with Gasteiger partial charge in [-0.15, -0.1) is 0 Å². The third kappa shape index (κ3) is 15.2. The summed E-state index contributed by atoms with van der Waals surface area (Å²) in [5.74, 6) is -0.753. The molecular weight excluding hydrogens is 1180 g/mol. The van der Waals surface area contributed by atoms with Crippen molar-refractivity contribution in [1.82, 2.24) is 29.9 Å². The number of carbonyl (C=O) groups is 1. The number of nitrogen functional groups attached to an aromatic ring is 1. The van der Waals surface area contributed by atoms with E-state index >= 15 is 0 Å². The summed E-state index contributed by atoms with van der Waals surface area (Å²) in [7, 11) is -26.2. The Bertz CT molecular complexity index is 3640. The SMILES string of the molecule is CCN1/C(=C/C=C/C=C/C2=CCC(CCCCCCC(=O)NCCNP(=O)(O)OP(=O)(O)OP(=O)(O)OCC3OC(n4cnc5c(=O)[nH]c(N)nc54)C(O)C3O)c3ccc(S(=O)(=O)[O-])cc3C2(C)C)C(C)(C)c2cc(S(=O)(=O)[O-])ccc21. The monoisotopic (exact) mass is 1240 g/mol. The van der Waals surface area contributed by atoms with E-state index in [0.717, 1.165) is 51.8 Å². The van der Waals surface area contributed by atoms with Gasteiger partial charge in [0.2, 0.25) is 11.9 Å². The summed E-state index contributed by atoms with van der Waals surface area (Å²) in [6.07, 6.45) is 9.99. The van der Waals surface area contributed by atoms with E-state index in [0.29, 0.717) is 37.8 Å². The predicted molar refractivity (Wildman–Crippen MR) is 294 cm³/mol. The van der Waals surface area contributed by atoms with Crippen LogP contribution in [0.3, 0.4) is 0 Å². The van der Waals surface area contributed by atoms with E-state index in [4.69, 9.17) is 10.5 Å². The van der Waals surface area contributed by atoms with Crippen molar-refractivity contribution in [3.63, 3.8) is 0 Å². The number of aromatic amines is 1. The average Bonchev–Trinajstić information content (AvgIpc) is 4.14. The Balaban J connectivity index is 0.848. The zero-order valence-corrected chi connectivity index (χ0v) is 49.4. The third-order valence-electron chi connectivity index (χ3n) is 14.3. The van der Waals surface area contributed by atoms with Gasteiger partial charge in [-0.1, -0.05) is 83.4 Å². The van der Waals surface area contributed by atoms with Gasteiger partial charge in [-0.05, 0) is 90.8 Å². The minimum Gasteiger partial charge on any atom is -0.744 e. The van der Waals surface area contributed by atoms with Crippen LogP contribution in [0, 0.1) is 0 Å². The zero-order chi connectivity index (χ0) is 60.4. The van der Waals surface area contributed by atoms with Crippen LogP contribution in [-0.2, 0) is 67.4 Å². The number of ether oxygens (including phenoxy) is 1. The fourth-order valence-electron chi connectivity index (χ4n) is 10.2. The van der Waals surface area contributed by atoms with Crippen molar-refractivity contribution in [1.29, 1.82) is 0 Å². The van der Waals surface area contributed by atoms with E-state index in [9.17, 15) is 74.1 Å². The largest absolute Gasteiger partial charge is 0.744 e. The Morgan fingerprint density at radius 1 is 0.902 bits per heavy atom. The molecule has 0 spiro atoms. The predicted octanol–water partition coefficient (Wildman–Crippen LogP) is 4.73. The molecule has 2 aromatic carbocycles. The number of aliphatic hydroxyl groups excluding tert-OH is 2. The third-order valence-corrected chi connectivity index (χ3v) is 20.5. The number of unbranched alkanes of at least 4 members (excludes halogenated alkanes) is 3. The second-order valence-electron chi connectivity index (χ2n) is 20.7. The summed E-state index contributed by atoms with van der Waals surface area (Å²) in [4.78, 5) is 66.5. The summed E-state index contributed by atoms with van der Waals surface area (Å²) in [6.45, 7) is 8.62. The van der Waals surface area contributed by atoms with Gasteiger partial charge in [-0.25, -0.2) is 40.6 Å². The van der Waals surface area contributed by atoms with Crippen molar-refractivity contribution in [3.8, 4) is 0 Å². The van der Waals surface area contributed by atoms with Gasteiger partial charge in [0.05, 0.1) is 22.7 Å². The Morgan fingerprint density at radius 2 is 1.57 bits per heavy atom. The van der Waals surface area contributed by atoms with Crippen LogP contribution < -0.4 is 26.6 Å². The highest BCUT2D eigenvalue weighted by Gasteiger charge is 2.47. The number of phosphoric ester groups is 1. The molecule has 0 bridgehead atoms. The number of nitrogens with one attached hydrogen (secondary N) is 3. The van der Waals surface area contributed by atoms with Gasteiger partial charge in [0.1, 0.15) is 38.5 Å². The van der Waals surface area contributed by atoms with Gasteiger partial charge >= 0.3 is 23.4 Å². The summed E-state index contributed by atoms with van der Waals surface area (Å²) < 4.78 is 129. The molecule has 450 valence electrons. The zero-order valence-electron chi connectivity index (χ0n) is 45.1. The number of carbonyl (C=O) groups excluding carboxylic acids is 1. The lowest BCUT2D eigenvalue weighted by Crippen LogP contribution is -2.33. The first kappa shape index (κ1) is 64.5. The normalized spacial score (nSPS) is 23.6. The van der Waals surface area contributed by atoms with Gasteiger partial charge in [0.15, 0.2) is 17.4 Å². The second kappa shape index (κ2) is 25.3. The van der Waals surface area contributed by atoms with Crippen LogP contribution in [0.15, 0.2) is 105 Å². The fourth-order valence-corrected chi connectivity index (χ4v) is 14.9. The van der Waals surface area contributed by atoms with Crippen LogP contribution in [0.25, 0.3) is 11.2 Å². The molecule has 8 unspecified atom stereocenters. The van der Waals surface area contributed by atoms with Gasteiger partial charge < -0.3 is 54.7 Å². The highest BCUT2D eigenvalue weighted by Crippen LogP contribution is 2.66. The van der Waals surface area contributed by atoms with Gasteiger partial charge in [0, 0.05) is 48.3 Å². The highest BCUT2D eigenvalue weighted by atomic mass is 32.2. The number of hydrogen-bond donors (Lipinski definition) is 9. The number of aromatic nitrogens is 4. The van der Waals surface area contributed by atoms with Crippen molar-refractivity contribution < 1.29 is 87.2 Å². The molecule has 10 N–H and O–H groups in total. The minimum absolute atomic E-state index is 0.0366. The average molecular weight is 1240 g/mol. The standard InChI is InChI=1S/C49H67N8O20P3S2/c1-6-56-37-23-21-33(82(71,72)73)27-36(37)49(4,5)39(56)16-12-9-11-15-31-19-18-30(34-22-20-32(81(68,69)70)26-35(34)48(31,2)3)14-10-7-8-13-17-40(58)51-24-25-53-78(62,63)76-80(66,67)77-79(64,65)74-28-38-42(59)43(60)46(75-38)57-29-52-41-44(57)54-47(50)55-45(41)61/h9,11-12,15-16,19-23,26-27,29-30,38,42-43,46,59-60H,6-8,10,13-14,17-18,24-25,28H2,1-5H3,(H,51,58)(H,64,65)(H,66,67)(H2,53,62,63)(H,68,69,70)(H,71,72,73)(H3,50,54,55,61)/p-2/b12-9+,15-11+,39-16+. The molecule has 4 heterocycles.